The molecule has 3 aromatic rings. The summed E-state index contributed by atoms with van der Waals surface area (Å²) in [6.45, 7) is 0. The van der Waals surface area contributed by atoms with Crippen molar-refractivity contribution in [2.45, 2.75) is 0 Å². The molecule has 1 heterocycles. The van der Waals surface area contributed by atoms with E-state index in [2.05, 4.69) is 10.1 Å². The van der Waals surface area contributed by atoms with E-state index in [0.717, 1.165) is 5.56 Å². The van der Waals surface area contributed by atoms with Gasteiger partial charge in [-0.25, -0.2) is 0 Å². The quantitative estimate of drug-likeness (QED) is 0.708. The van der Waals surface area contributed by atoms with Gasteiger partial charge in [0.05, 0.1) is 12.7 Å². The van der Waals surface area contributed by atoms with Crippen molar-refractivity contribution in [2.75, 3.05) is 7.11 Å². The number of aromatic nitrogens is 2. The molecule has 0 spiro atoms. The van der Waals surface area contributed by atoms with Crippen LogP contribution in [0.4, 0.5) is 0 Å². The molecule has 0 saturated heterocycles. The van der Waals surface area contributed by atoms with Crippen molar-refractivity contribution in [3.05, 3.63) is 65.0 Å². The maximum atomic E-state index is 6.02. The van der Waals surface area contributed by atoms with Crippen LogP contribution >= 0.6 is 11.6 Å². The van der Waals surface area contributed by atoms with Crippen LogP contribution < -0.4 is 4.74 Å². The van der Waals surface area contributed by atoms with E-state index in [9.17, 15) is 0 Å². The van der Waals surface area contributed by atoms with Crippen LogP contribution in [0, 0.1) is 0 Å². The van der Waals surface area contributed by atoms with E-state index in [1.807, 2.05) is 36.4 Å². The van der Waals surface area contributed by atoms with Gasteiger partial charge < -0.3 is 9.26 Å². The molecule has 0 unspecified atom stereocenters. The minimum absolute atomic E-state index is 0.417. The van der Waals surface area contributed by atoms with Gasteiger partial charge in [0.2, 0.25) is 5.82 Å². The molecule has 110 valence electrons. The van der Waals surface area contributed by atoms with E-state index >= 15 is 0 Å². The maximum Gasteiger partial charge on any atom is 0.250 e. The summed E-state index contributed by atoms with van der Waals surface area (Å²) in [4.78, 5) is 4.34. The molecule has 0 radical (unpaired) electrons. The number of halogens is 1. The van der Waals surface area contributed by atoms with Crippen LogP contribution in [-0.4, -0.2) is 17.3 Å². The third kappa shape index (κ3) is 3.18. The molecule has 2 aromatic carbocycles. The minimum Gasteiger partial charge on any atom is -0.496 e. The maximum absolute atomic E-state index is 6.02. The van der Waals surface area contributed by atoms with Crippen molar-refractivity contribution in [2.24, 2.45) is 0 Å². The zero-order chi connectivity index (χ0) is 15.4. The molecule has 0 amide bonds. The third-order valence-electron chi connectivity index (χ3n) is 3.06. The van der Waals surface area contributed by atoms with Gasteiger partial charge in [0.15, 0.2) is 0 Å². The lowest BCUT2D eigenvalue weighted by molar-refractivity contribution is 0.406. The first kappa shape index (κ1) is 14.4. The summed E-state index contributed by atoms with van der Waals surface area (Å²) in [6, 6.07) is 15.2. The SMILES string of the molecule is COc1ccc(Cl)cc1-c1noc(C=Cc2ccccc2)n1. The fraction of sp³-hybridized carbons (Fsp3) is 0.0588. The van der Waals surface area contributed by atoms with E-state index in [1.54, 1.807) is 31.4 Å². The highest BCUT2D eigenvalue weighted by molar-refractivity contribution is 6.30. The van der Waals surface area contributed by atoms with Crippen molar-refractivity contribution in [3.8, 4) is 17.1 Å². The van der Waals surface area contributed by atoms with Crippen LogP contribution in [0.5, 0.6) is 5.75 Å². The highest BCUT2D eigenvalue weighted by Gasteiger charge is 2.12. The third-order valence-corrected chi connectivity index (χ3v) is 3.30. The lowest BCUT2D eigenvalue weighted by Gasteiger charge is -2.04. The molecule has 5 heteroatoms. The van der Waals surface area contributed by atoms with Gasteiger partial charge in [-0.15, -0.1) is 0 Å². The Morgan fingerprint density at radius 3 is 2.68 bits per heavy atom. The highest BCUT2D eigenvalue weighted by Crippen LogP contribution is 2.30. The Morgan fingerprint density at radius 1 is 1.09 bits per heavy atom. The van der Waals surface area contributed by atoms with Crippen LogP contribution in [-0.2, 0) is 0 Å². The summed E-state index contributed by atoms with van der Waals surface area (Å²) in [5.41, 5.74) is 1.75. The topological polar surface area (TPSA) is 48.2 Å². The predicted molar refractivity (Wildman–Crippen MR) is 86.7 cm³/mol. The largest absolute Gasteiger partial charge is 0.496 e. The Labute approximate surface area is 133 Å². The van der Waals surface area contributed by atoms with Crippen LogP contribution in [0.3, 0.4) is 0 Å². The molecule has 0 bridgehead atoms. The predicted octanol–water partition coefficient (Wildman–Crippen LogP) is 4.57. The molecule has 4 nitrogen and oxygen atoms in total. The van der Waals surface area contributed by atoms with Crippen LogP contribution in [0.25, 0.3) is 23.5 Å². The minimum atomic E-state index is 0.417. The van der Waals surface area contributed by atoms with E-state index in [1.165, 1.54) is 0 Å². The van der Waals surface area contributed by atoms with Crippen molar-refractivity contribution in [3.63, 3.8) is 0 Å². The first-order valence-corrected chi connectivity index (χ1v) is 7.05. The average molecular weight is 313 g/mol. The molecular weight excluding hydrogens is 300 g/mol. The van der Waals surface area contributed by atoms with Crippen LogP contribution in [0.1, 0.15) is 11.5 Å². The van der Waals surface area contributed by atoms with Crippen molar-refractivity contribution in [1.82, 2.24) is 10.1 Å². The molecule has 0 aliphatic rings. The van der Waals surface area contributed by atoms with Gasteiger partial charge in [0.1, 0.15) is 5.75 Å². The van der Waals surface area contributed by atoms with Gasteiger partial charge in [-0.1, -0.05) is 47.1 Å². The molecule has 0 fully saturated rings. The molecule has 0 N–H and O–H groups in total. The molecule has 0 aliphatic carbocycles. The number of ether oxygens (including phenoxy) is 1. The fourth-order valence-corrected chi connectivity index (χ4v) is 2.17. The number of hydrogen-bond acceptors (Lipinski definition) is 4. The van der Waals surface area contributed by atoms with Gasteiger partial charge in [0, 0.05) is 11.1 Å². The van der Waals surface area contributed by atoms with Gasteiger partial charge in [-0.3, -0.25) is 0 Å². The summed E-state index contributed by atoms with van der Waals surface area (Å²) in [5, 5.41) is 4.56. The second-order valence-corrected chi connectivity index (χ2v) is 4.98. The summed E-state index contributed by atoms with van der Waals surface area (Å²) < 4.78 is 10.5. The molecule has 1 aromatic heterocycles. The summed E-state index contributed by atoms with van der Waals surface area (Å²) in [7, 11) is 1.59. The fourth-order valence-electron chi connectivity index (χ4n) is 2.00. The van der Waals surface area contributed by atoms with Gasteiger partial charge in [-0.2, -0.15) is 4.98 Å². The van der Waals surface area contributed by atoms with E-state index in [0.29, 0.717) is 28.1 Å². The number of rotatable bonds is 4. The average Bonchev–Trinajstić information content (AvgIpc) is 3.03. The normalized spacial score (nSPS) is 11.0. The second kappa shape index (κ2) is 6.45. The van der Waals surface area contributed by atoms with Crippen molar-refractivity contribution >= 4 is 23.8 Å². The Kier molecular flexibility index (Phi) is 4.21. The van der Waals surface area contributed by atoms with E-state index < -0.39 is 0 Å². The smallest absolute Gasteiger partial charge is 0.250 e. The summed E-state index contributed by atoms with van der Waals surface area (Å²) in [6.07, 6.45) is 3.68. The molecule has 0 atom stereocenters. The van der Waals surface area contributed by atoms with Crippen LogP contribution in [0.2, 0.25) is 5.02 Å². The highest BCUT2D eigenvalue weighted by atomic mass is 35.5. The molecular formula is C17H13ClN2O2. The standard InChI is InChI=1S/C17H13ClN2O2/c1-21-15-9-8-13(18)11-14(15)17-19-16(22-20-17)10-7-12-5-3-2-4-6-12/h2-11H,1H3. The lowest BCUT2D eigenvalue weighted by Crippen LogP contribution is -1.89. The summed E-state index contributed by atoms with van der Waals surface area (Å²) >= 11 is 6.02. The number of methoxy groups -OCH3 is 1. The van der Waals surface area contributed by atoms with Gasteiger partial charge >= 0.3 is 0 Å². The zero-order valence-electron chi connectivity index (χ0n) is 11.9. The Bertz CT molecular complexity index is 797. The molecule has 0 aliphatic heterocycles. The Hall–Kier alpha value is -2.59. The van der Waals surface area contributed by atoms with Crippen molar-refractivity contribution < 1.29 is 9.26 Å². The molecule has 22 heavy (non-hydrogen) atoms. The molecule has 3 rings (SSSR count). The molecule has 0 saturated carbocycles. The Balaban J connectivity index is 1.88. The number of hydrogen-bond donors (Lipinski definition) is 0. The van der Waals surface area contributed by atoms with E-state index in [-0.39, 0.29) is 0 Å². The zero-order valence-corrected chi connectivity index (χ0v) is 12.6. The van der Waals surface area contributed by atoms with Gasteiger partial charge in [-0.05, 0) is 29.8 Å². The first-order valence-electron chi connectivity index (χ1n) is 6.67. The van der Waals surface area contributed by atoms with E-state index in [4.69, 9.17) is 20.9 Å². The first-order chi connectivity index (χ1) is 10.8. The number of benzene rings is 2. The second-order valence-electron chi connectivity index (χ2n) is 4.54. The Morgan fingerprint density at radius 2 is 1.91 bits per heavy atom. The monoisotopic (exact) mass is 312 g/mol. The van der Waals surface area contributed by atoms with Crippen molar-refractivity contribution in [1.29, 1.82) is 0 Å². The summed E-state index contributed by atoms with van der Waals surface area (Å²) in [5.74, 6) is 1.50. The lowest BCUT2D eigenvalue weighted by atomic mass is 10.2. The van der Waals surface area contributed by atoms with Gasteiger partial charge in [0.25, 0.3) is 5.89 Å². The van der Waals surface area contributed by atoms with Crippen LogP contribution in [0.15, 0.2) is 53.1 Å². The number of nitrogens with zero attached hydrogens (tertiary/aromatic N) is 2.